The van der Waals surface area contributed by atoms with E-state index in [2.05, 4.69) is 5.32 Å². The van der Waals surface area contributed by atoms with Gasteiger partial charge in [0.1, 0.15) is 17.9 Å². The molecule has 0 radical (unpaired) electrons. The van der Waals surface area contributed by atoms with Gasteiger partial charge in [0.2, 0.25) is 17.4 Å². The summed E-state index contributed by atoms with van der Waals surface area (Å²) in [6.45, 7) is 0.837. The lowest BCUT2D eigenvalue weighted by Gasteiger charge is -2.33. The minimum Gasteiger partial charge on any atom is -0.320 e. The maximum atomic E-state index is 13.1. The van der Waals surface area contributed by atoms with Crippen molar-refractivity contribution in [3.05, 3.63) is 29.8 Å². The third kappa shape index (κ3) is 1.25. The second kappa shape index (κ2) is 4.00. The third-order valence-corrected chi connectivity index (χ3v) is 6.35. The van der Waals surface area contributed by atoms with Gasteiger partial charge < -0.3 is 10.2 Å². The van der Waals surface area contributed by atoms with Crippen LogP contribution < -0.4 is 10.2 Å². The van der Waals surface area contributed by atoms with E-state index in [1.165, 1.54) is 4.90 Å². The van der Waals surface area contributed by atoms with Gasteiger partial charge in [0, 0.05) is 25.5 Å². The molecule has 1 aromatic carbocycles. The van der Waals surface area contributed by atoms with E-state index < -0.39 is 11.5 Å². The van der Waals surface area contributed by atoms with Crippen molar-refractivity contribution < 1.29 is 19.3 Å². The summed E-state index contributed by atoms with van der Waals surface area (Å²) in [7, 11) is 1.55. The van der Waals surface area contributed by atoms with E-state index in [0.717, 1.165) is 35.5 Å². The molecule has 3 amide bonds. The lowest BCUT2D eigenvalue weighted by atomic mass is 9.75. The Balaban J connectivity index is 1.80. The van der Waals surface area contributed by atoms with E-state index >= 15 is 0 Å². The number of para-hydroxylation sites is 1. The highest BCUT2D eigenvalue weighted by Crippen LogP contribution is 2.51. The van der Waals surface area contributed by atoms with E-state index in [1.54, 1.807) is 7.05 Å². The summed E-state index contributed by atoms with van der Waals surface area (Å²) in [5, 5.41) is 2.96. The van der Waals surface area contributed by atoms with Crippen LogP contribution in [-0.4, -0.2) is 42.3 Å². The molecule has 4 heterocycles. The van der Waals surface area contributed by atoms with Gasteiger partial charge in [0.15, 0.2) is 0 Å². The second-order valence-electron chi connectivity index (χ2n) is 7.07. The molecule has 3 fully saturated rings. The number of nitrogens with zero attached hydrogens (tertiary/aromatic N) is 1. The van der Waals surface area contributed by atoms with Crippen LogP contribution in [0.15, 0.2) is 24.3 Å². The molecule has 6 nitrogen and oxygen atoms in total. The maximum absolute atomic E-state index is 13.1. The molecule has 118 valence electrons. The van der Waals surface area contributed by atoms with Crippen LogP contribution in [0.4, 0.5) is 5.69 Å². The van der Waals surface area contributed by atoms with Crippen molar-refractivity contribution in [2.24, 2.45) is 11.8 Å². The van der Waals surface area contributed by atoms with Crippen molar-refractivity contribution in [2.45, 2.75) is 24.4 Å². The predicted molar refractivity (Wildman–Crippen MR) is 80.4 cm³/mol. The fourth-order valence-corrected chi connectivity index (χ4v) is 5.56. The van der Waals surface area contributed by atoms with Crippen LogP contribution >= 0.6 is 0 Å². The maximum Gasteiger partial charge on any atom is 0.291 e. The van der Waals surface area contributed by atoms with Crippen LogP contribution in [0.1, 0.15) is 18.4 Å². The normalized spacial score (nSPS) is 40.6. The van der Waals surface area contributed by atoms with Gasteiger partial charge in [0.05, 0.1) is 12.2 Å². The topological polar surface area (TPSA) is 70.9 Å². The van der Waals surface area contributed by atoms with Crippen LogP contribution in [0.2, 0.25) is 0 Å². The molecule has 1 aromatic rings. The second-order valence-corrected chi connectivity index (χ2v) is 7.07. The average molecular weight is 312 g/mol. The van der Waals surface area contributed by atoms with Crippen molar-refractivity contribution in [1.29, 1.82) is 0 Å². The number of quaternary nitrogens is 1. The minimum atomic E-state index is -0.931. The molecule has 0 aliphatic carbocycles. The van der Waals surface area contributed by atoms with Gasteiger partial charge in [-0.3, -0.25) is 19.3 Å². The summed E-state index contributed by atoms with van der Waals surface area (Å²) in [6, 6.07) is 7.68. The van der Waals surface area contributed by atoms with Crippen molar-refractivity contribution in [3.8, 4) is 0 Å². The predicted octanol–water partition coefficient (Wildman–Crippen LogP) is -0.874. The number of hydrogen-bond donors (Lipinski definition) is 2. The molecule has 4 aliphatic rings. The molecule has 5 rings (SSSR count). The molecular weight excluding hydrogens is 294 g/mol. The first-order valence-corrected chi connectivity index (χ1v) is 8.17. The number of anilines is 1. The molecule has 1 unspecified atom stereocenters. The Kier molecular flexibility index (Phi) is 2.30. The highest BCUT2D eigenvalue weighted by molar-refractivity contribution is 6.13. The standard InChI is InChI=1S/C17H17N3O3/c1-19-14(21)12-11-7-4-8-20(11)17(13(12)15(19)22)9-5-2-3-6-10(9)18-16(17)23/h2-3,5-6,11-13H,4,7-8H2,1H3,(H,18,23)/p+1/t11-,12+,13-,17+/m0/s1. The summed E-state index contributed by atoms with van der Waals surface area (Å²) in [6.07, 6.45) is 1.89. The van der Waals surface area contributed by atoms with E-state index in [0.29, 0.717) is 0 Å². The average Bonchev–Trinajstić information content (AvgIpc) is 3.23. The Morgan fingerprint density at radius 3 is 2.83 bits per heavy atom. The van der Waals surface area contributed by atoms with Gasteiger partial charge in [-0.15, -0.1) is 0 Å². The van der Waals surface area contributed by atoms with Gasteiger partial charge in [-0.05, 0) is 6.07 Å². The van der Waals surface area contributed by atoms with Crippen LogP contribution in [0, 0.1) is 11.8 Å². The number of imide groups is 1. The summed E-state index contributed by atoms with van der Waals surface area (Å²) in [5.41, 5.74) is 0.738. The van der Waals surface area contributed by atoms with Gasteiger partial charge in [-0.2, -0.15) is 0 Å². The molecule has 2 N–H and O–H groups in total. The van der Waals surface area contributed by atoms with E-state index in [9.17, 15) is 14.4 Å². The Morgan fingerprint density at radius 2 is 2.00 bits per heavy atom. The van der Waals surface area contributed by atoms with Crippen LogP contribution in [0.5, 0.6) is 0 Å². The molecular formula is C17H18N3O3+. The molecule has 23 heavy (non-hydrogen) atoms. The number of nitrogens with one attached hydrogen (secondary N) is 2. The number of carbonyl (C=O) groups excluding carboxylic acids is 3. The van der Waals surface area contributed by atoms with E-state index in [1.807, 2.05) is 24.3 Å². The fraction of sp³-hybridized carbons (Fsp3) is 0.471. The lowest BCUT2D eigenvalue weighted by Crippen LogP contribution is -3.19. The van der Waals surface area contributed by atoms with Crippen molar-refractivity contribution >= 4 is 23.4 Å². The number of likely N-dealkylation sites (tertiary alicyclic amines) is 1. The Morgan fingerprint density at radius 1 is 1.22 bits per heavy atom. The zero-order valence-corrected chi connectivity index (χ0v) is 12.8. The third-order valence-electron chi connectivity index (χ3n) is 6.35. The first-order chi connectivity index (χ1) is 11.1. The van der Waals surface area contributed by atoms with Crippen molar-refractivity contribution in [1.82, 2.24) is 4.90 Å². The summed E-state index contributed by atoms with van der Waals surface area (Å²) in [4.78, 5) is 41.0. The van der Waals surface area contributed by atoms with Crippen molar-refractivity contribution in [3.63, 3.8) is 0 Å². The smallest absolute Gasteiger partial charge is 0.291 e. The van der Waals surface area contributed by atoms with Crippen LogP contribution in [0.25, 0.3) is 0 Å². The first kappa shape index (κ1) is 13.2. The largest absolute Gasteiger partial charge is 0.320 e. The number of fused-ring (bicyclic) bond motifs is 7. The molecule has 6 heteroatoms. The number of benzene rings is 1. The first-order valence-electron chi connectivity index (χ1n) is 8.17. The zero-order valence-electron chi connectivity index (χ0n) is 12.8. The zero-order chi connectivity index (χ0) is 15.9. The van der Waals surface area contributed by atoms with Gasteiger partial charge in [-0.25, -0.2) is 0 Å². The van der Waals surface area contributed by atoms with Crippen LogP contribution in [-0.2, 0) is 19.9 Å². The summed E-state index contributed by atoms with van der Waals surface area (Å²) >= 11 is 0. The Bertz CT molecular complexity index is 776. The molecule has 3 saturated heterocycles. The quantitative estimate of drug-likeness (QED) is 0.612. The number of rotatable bonds is 0. The SMILES string of the molecule is CN1C(=O)[C@H]2[C@@H](C1=O)[C@]1(C(=O)Nc3ccccc31)[NH+]1CCC[C@@H]21. The minimum absolute atomic E-state index is 0.0679. The number of amides is 3. The molecule has 0 saturated carbocycles. The van der Waals surface area contributed by atoms with Gasteiger partial charge in [0.25, 0.3) is 5.91 Å². The highest BCUT2D eigenvalue weighted by atomic mass is 16.2. The fourth-order valence-electron chi connectivity index (χ4n) is 5.56. The van der Waals surface area contributed by atoms with Crippen molar-refractivity contribution in [2.75, 3.05) is 18.9 Å². The molecule has 0 bridgehead atoms. The summed E-state index contributed by atoms with van der Waals surface area (Å²) in [5.74, 6) is -1.36. The Labute approximate surface area is 133 Å². The lowest BCUT2D eigenvalue weighted by molar-refractivity contribution is -0.948. The van der Waals surface area contributed by atoms with Gasteiger partial charge in [-0.1, -0.05) is 18.2 Å². The highest BCUT2D eigenvalue weighted by Gasteiger charge is 2.77. The summed E-state index contributed by atoms with van der Waals surface area (Å²) < 4.78 is 0. The van der Waals surface area contributed by atoms with Gasteiger partial charge >= 0.3 is 0 Å². The number of carbonyl (C=O) groups is 3. The monoisotopic (exact) mass is 312 g/mol. The van der Waals surface area contributed by atoms with Crippen LogP contribution in [0.3, 0.4) is 0 Å². The molecule has 1 spiro atoms. The van der Waals surface area contributed by atoms with E-state index in [4.69, 9.17) is 0 Å². The number of hydrogen-bond acceptors (Lipinski definition) is 3. The molecule has 0 aromatic heterocycles. The molecule has 4 aliphatic heterocycles. The van der Waals surface area contributed by atoms with E-state index in [-0.39, 0.29) is 29.7 Å². The molecule has 5 atom stereocenters. The Hall–Kier alpha value is -2.21.